The third-order valence-electron chi connectivity index (χ3n) is 9.22. The number of benzene rings is 4. The van der Waals surface area contributed by atoms with E-state index in [1.807, 2.05) is 48.5 Å². The minimum absolute atomic E-state index is 0.0461. The van der Waals surface area contributed by atoms with Crippen molar-refractivity contribution in [1.82, 2.24) is 5.32 Å². The average molecular weight is 765 g/mol. The Balaban J connectivity index is 1.18. The van der Waals surface area contributed by atoms with E-state index in [1.165, 1.54) is 24.3 Å². The Morgan fingerprint density at radius 1 is 0.875 bits per heavy atom. The van der Waals surface area contributed by atoms with Crippen molar-refractivity contribution in [2.75, 3.05) is 18.5 Å². The third-order valence-corrected chi connectivity index (χ3v) is 9.22. The van der Waals surface area contributed by atoms with Crippen LogP contribution in [0, 0.1) is 22.0 Å². The Hall–Kier alpha value is -6.77. The molecule has 5 rings (SSSR count). The quantitative estimate of drug-likeness (QED) is 0.0221. The van der Waals surface area contributed by atoms with Crippen LogP contribution in [0.1, 0.15) is 55.7 Å². The van der Waals surface area contributed by atoms with Gasteiger partial charge in [0.2, 0.25) is 5.91 Å². The smallest absolute Gasteiger partial charge is 0.514 e. The van der Waals surface area contributed by atoms with Gasteiger partial charge >= 0.3 is 12.2 Å². The summed E-state index contributed by atoms with van der Waals surface area (Å²) in [6.07, 6.45) is -1.55. The Kier molecular flexibility index (Phi) is 13.7. The number of hydrogen-bond acceptors (Lipinski definition) is 11. The molecule has 0 aromatic heterocycles. The van der Waals surface area contributed by atoms with Crippen molar-refractivity contribution in [3.8, 4) is 16.9 Å². The maximum Gasteiger partial charge on any atom is 0.514 e. The van der Waals surface area contributed by atoms with Crippen LogP contribution in [0.5, 0.6) is 5.75 Å². The monoisotopic (exact) mass is 764 g/mol. The first-order chi connectivity index (χ1) is 26.9. The fraction of sp³-hybridized carbons (Fsp3) is 0.293. The number of amides is 3. The molecule has 0 radical (unpaired) electrons. The number of hydrogen-bond donors (Lipinski definition) is 3. The molecule has 0 saturated heterocycles. The van der Waals surface area contributed by atoms with Gasteiger partial charge in [0.1, 0.15) is 24.5 Å². The lowest BCUT2D eigenvalue weighted by Crippen LogP contribution is -2.35. The summed E-state index contributed by atoms with van der Waals surface area (Å²) in [5.41, 5.74) is 10.3. The fourth-order valence-electron chi connectivity index (χ4n) is 6.42. The predicted octanol–water partition coefficient (Wildman–Crippen LogP) is 5.84. The highest BCUT2D eigenvalue weighted by Gasteiger charge is 2.30. The number of rotatable bonds is 17. The van der Waals surface area contributed by atoms with Gasteiger partial charge in [-0.05, 0) is 70.8 Å². The molecular weight excluding hydrogens is 722 g/mol. The minimum atomic E-state index is -1.06. The number of Topliss-reactive ketones (excluding diaryl/α,β-unsaturated/α-hetero) is 1. The summed E-state index contributed by atoms with van der Waals surface area (Å²) in [5.74, 6) is -2.19. The van der Waals surface area contributed by atoms with E-state index in [0.717, 1.165) is 22.3 Å². The molecule has 0 heterocycles. The Morgan fingerprint density at radius 2 is 1.50 bits per heavy atom. The van der Waals surface area contributed by atoms with E-state index in [1.54, 1.807) is 38.1 Å². The summed E-state index contributed by atoms with van der Waals surface area (Å²) in [6, 6.07) is 25.5. The van der Waals surface area contributed by atoms with Crippen LogP contribution in [0.3, 0.4) is 0 Å². The second kappa shape index (κ2) is 19.0. The molecule has 0 unspecified atom stereocenters. The topological polar surface area (TPSA) is 225 Å². The molecule has 1 aliphatic carbocycles. The van der Waals surface area contributed by atoms with Crippen LogP contribution in [-0.2, 0) is 25.7 Å². The van der Waals surface area contributed by atoms with E-state index in [0.29, 0.717) is 17.7 Å². The molecule has 0 bridgehead atoms. The van der Waals surface area contributed by atoms with Gasteiger partial charge in [-0.3, -0.25) is 24.7 Å². The fourth-order valence-corrected chi connectivity index (χ4v) is 6.42. The standard InChI is InChI=1S/C41H43N5O10/c1-25(2)37(45-40(50)54-24-35-33-11-5-3-9-31(33)32-10-4-6-12-34(32)35)36(47)22-27(8-7-21-43-39(42)49)38(48)44-28-15-13-26(14-16-28)23-55-41(51)56-30-19-17-29(18-20-30)46(52)53/h3-6,9-20,25,27,35,37H,7-8,21-24H2,1-2H3,(H,44,48)(H,45,50)(H3,42,43,49)/p-1/t27-,37+/m1/s1. The number of nitrogens with zero attached hydrogens (tertiary/aromatic N) is 2. The van der Waals surface area contributed by atoms with Crippen LogP contribution in [0.4, 0.5) is 21.0 Å². The summed E-state index contributed by atoms with van der Waals surface area (Å²) in [7, 11) is 0. The molecule has 15 heteroatoms. The van der Waals surface area contributed by atoms with Crippen LogP contribution < -0.4 is 26.2 Å². The summed E-state index contributed by atoms with van der Waals surface area (Å²) in [4.78, 5) is 65.0. The normalized spacial score (nSPS) is 13.2. The molecule has 2 atom stereocenters. The van der Waals surface area contributed by atoms with E-state index >= 15 is 0 Å². The van der Waals surface area contributed by atoms with Crippen molar-refractivity contribution in [2.45, 2.75) is 51.7 Å². The zero-order chi connectivity index (χ0) is 40.2. The number of nitrogens with one attached hydrogen (secondary N) is 2. The number of nitro benzene ring substituents is 1. The minimum Gasteiger partial charge on any atom is -0.599 e. The average Bonchev–Trinajstić information content (AvgIpc) is 3.50. The summed E-state index contributed by atoms with van der Waals surface area (Å²) in [5, 5.41) is 29.2. The Labute approximate surface area is 323 Å². The second-order valence-electron chi connectivity index (χ2n) is 13.5. The largest absolute Gasteiger partial charge is 0.599 e. The number of carbonyl (C=O) groups excluding carboxylic acids is 4. The van der Waals surface area contributed by atoms with Crippen molar-refractivity contribution in [2.24, 2.45) is 22.6 Å². The number of urea groups is 1. The van der Waals surface area contributed by atoms with Gasteiger partial charge < -0.3 is 35.7 Å². The number of fused-ring (bicyclic) bond motifs is 3. The number of carbonyl (C=O) groups is 4. The zero-order valence-electron chi connectivity index (χ0n) is 30.8. The Morgan fingerprint density at radius 3 is 2.09 bits per heavy atom. The van der Waals surface area contributed by atoms with Crippen LogP contribution in [-0.4, -0.2) is 54.1 Å². The van der Waals surface area contributed by atoms with Gasteiger partial charge in [0, 0.05) is 49.2 Å². The Bertz CT molecular complexity index is 2020. The van der Waals surface area contributed by atoms with E-state index in [9.17, 15) is 34.4 Å². The molecule has 0 fully saturated rings. The number of ether oxygens (including phenoxy) is 3. The maximum atomic E-state index is 13.7. The first kappa shape index (κ1) is 40.4. The van der Waals surface area contributed by atoms with Crippen LogP contribution in [0.25, 0.3) is 11.1 Å². The highest BCUT2D eigenvalue weighted by atomic mass is 16.7. The molecule has 0 spiro atoms. The van der Waals surface area contributed by atoms with Gasteiger partial charge in [-0.1, -0.05) is 74.5 Å². The molecular formula is C41H42N5O10-. The van der Waals surface area contributed by atoms with Crippen molar-refractivity contribution in [3.63, 3.8) is 0 Å². The number of aliphatic imine (C=N–C) groups is 1. The summed E-state index contributed by atoms with van der Waals surface area (Å²) in [6.45, 7) is 3.59. The lowest BCUT2D eigenvalue weighted by atomic mass is 9.89. The molecule has 56 heavy (non-hydrogen) atoms. The number of non-ortho nitro benzene ring substituents is 1. The number of anilines is 1. The molecule has 4 N–H and O–H groups in total. The van der Waals surface area contributed by atoms with Gasteiger partial charge in [0.05, 0.1) is 4.92 Å². The van der Waals surface area contributed by atoms with Crippen LogP contribution in [0.15, 0.2) is 102 Å². The molecule has 0 aliphatic heterocycles. The van der Waals surface area contributed by atoms with Crippen molar-refractivity contribution >= 4 is 41.3 Å². The van der Waals surface area contributed by atoms with Gasteiger partial charge in [-0.15, -0.1) is 0 Å². The van der Waals surface area contributed by atoms with Gasteiger partial charge in [0.25, 0.3) is 5.69 Å². The molecule has 3 amide bonds. The maximum absolute atomic E-state index is 13.7. The van der Waals surface area contributed by atoms with Crippen molar-refractivity contribution in [3.05, 3.63) is 124 Å². The lowest BCUT2D eigenvalue weighted by Gasteiger charge is -2.24. The SMILES string of the molecule is CC(C)[C@H](N=C([O-])OCC1c2ccccc2-c2ccccc21)C(=O)C[C@@H](CCCNC(N)=O)C(=O)Nc1ccc(COC(=O)Oc2ccc([N+](=O)[O-])cc2)cc1. The first-order valence-corrected chi connectivity index (χ1v) is 18.0. The van der Waals surface area contributed by atoms with Crippen LogP contribution >= 0.6 is 0 Å². The second-order valence-corrected chi connectivity index (χ2v) is 13.5. The van der Waals surface area contributed by atoms with Crippen LogP contribution in [0.2, 0.25) is 0 Å². The van der Waals surface area contributed by atoms with E-state index in [2.05, 4.69) is 15.6 Å². The highest BCUT2D eigenvalue weighted by Crippen LogP contribution is 2.44. The zero-order valence-corrected chi connectivity index (χ0v) is 30.8. The predicted molar refractivity (Wildman–Crippen MR) is 205 cm³/mol. The van der Waals surface area contributed by atoms with Crippen molar-refractivity contribution < 1.29 is 43.4 Å². The molecule has 4 aromatic carbocycles. The first-order valence-electron chi connectivity index (χ1n) is 18.0. The third kappa shape index (κ3) is 10.9. The number of ketones is 1. The molecule has 1 aliphatic rings. The molecule has 0 saturated carbocycles. The molecule has 15 nitrogen and oxygen atoms in total. The number of primary amides is 1. The molecule has 4 aromatic rings. The number of nitro groups is 1. The summed E-state index contributed by atoms with van der Waals surface area (Å²) >= 11 is 0. The van der Waals surface area contributed by atoms with Gasteiger partial charge in [-0.2, -0.15) is 0 Å². The lowest BCUT2D eigenvalue weighted by molar-refractivity contribution is -0.384. The van der Waals surface area contributed by atoms with Gasteiger partial charge in [-0.25, -0.2) is 9.59 Å². The van der Waals surface area contributed by atoms with E-state index in [-0.39, 0.29) is 55.9 Å². The van der Waals surface area contributed by atoms with Crippen molar-refractivity contribution in [1.29, 1.82) is 0 Å². The van der Waals surface area contributed by atoms with E-state index < -0.39 is 46.8 Å². The highest BCUT2D eigenvalue weighted by molar-refractivity contribution is 5.97. The van der Waals surface area contributed by atoms with E-state index in [4.69, 9.17) is 19.9 Å². The molecule has 292 valence electrons. The van der Waals surface area contributed by atoms with Gasteiger partial charge in [0.15, 0.2) is 5.78 Å². The number of nitrogens with two attached hydrogens (primary N) is 1. The summed E-state index contributed by atoms with van der Waals surface area (Å²) < 4.78 is 15.8.